The van der Waals surface area contributed by atoms with Crippen LogP contribution < -0.4 is 4.90 Å². The quantitative estimate of drug-likeness (QED) is 0.847. The minimum Gasteiger partial charge on any atom is -0.329 e. The van der Waals surface area contributed by atoms with Crippen LogP contribution in [0.2, 0.25) is 0 Å². The third-order valence-corrected chi connectivity index (χ3v) is 4.41. The third-order valence-electron chi connectivity index (χ3n) is 4.41. The van der Waals surface area contributed by atoms with Crippen molar-refractivity contribution in [2.45, 2.75) is 25.3 Å². The molecule has 1 fully saturated rings. The maximum atomic E-state index is 4.66. The van der Waals surface area contributed by atoms with Crippen LogP contribution in [-0.2, 0) is 0 Å². The number of para-hydroxylation sites is 1. The Morgan fingerprint density at radius 3 is 2.67 bits per heavy atom. The van der Waals surface area contributed by atoms with Crippen LogP contribution in [0.25, 0.3) is 0 Å². The van der Waals surface area contributed by atoms with Crippen LogP contribution in [0.15, 0.2) is 48.7 Å². The first kappa shape index (κ1) is 14.1. The highest BCUT2D eigenvalue weighted by molar-refractivity contribution is 5.62. The van der Waals surface area contributed by atoms with Gasteiger partial charge in [0.1, 0.15) is 5.82 Å². The van der Waals surface area contributed by atoms with Crippen LogP contribution >= 0.6 is 0 Å². The van der Waals surface area contributed by atoms with E-state index < -0.39 is 0 Å². The summed E-state index contributed by atoms with van der Waals surface area (Å²) in [4.78, 5) is 9.32. The van der Waals surface area contributed by atoms with Gasteiger partial charge >= 0.3 is 0 Å². The predicted molar refractivity (Wildman–Crippen MR) is 88.0 cm³/mol. The Morgan fingerprint density at radius 2 is 1.90 bits per heavy atom. The minimum atomic E-state index is 0.480. The number of hydrogen-bond acceptors (Lipinski definition) is 3. The smallest absolute Gasteiger partial charge is 0.137 e. The lowest BCUT2D eigenvalue weighted by molar-refractivity contribution is 0.187. The Balaban J connectivity index is 1.96. The zero-order valence-corrected chi connectivity index (χ0v) is 12.9. The molecule has 1 atom stereocenters. The maximum absolute atomic E-state index is 4.66. The summed E-state index contributed by atoms with van der Waals surface area (Å²) in [5.41, 5.74) is 2.52. The molecule has 0 saturated carbocycles. The molecule has 0 aliphatic carbocycles. The fourth-order valence-corrected chi connectivity index (χ4v) is 3.19. The van der Waals surface area contributed by atoms with Crippen molar-refractivity contribution in [3.05, 3.63) is 54.2 Å². The van der Waals surface area contributed by atoms with Crippen LogP contribution in [-0.4, -0.2) is 30.5 Å². The van der Waals surface area contributed by atoms with Gasteiger partial charge in [0.05, 0.1) is 0 Å². The van der Waals surface area contributed by atoms with Crippen molar-refractivity contribution >= 4 is 11.5 Å². The van der Waals surface area contributed by atoms with Crippen molar-refractivity contribution < 1.29 is 0 Å². The summed E-state index contributed by atoms with van der Waals surface area (Å²) in [6.45, 7) is 1.17. The Bertz CT molecular complexity index is 582. The van der Waals surface area contributed by atoms with Gasteiger partial charge in [-0.3, -0.25) is 4.90 Å². The zero-order valence-electron chi connectivity index (χ0n) is 12.9. The Kier molecular flexibility index (Phi) is 4.20. The largest absolute Gasteiger partial charge is 0.329 e. The lowest BCUT2D eigenvalue weighted by Crippen LogP contribution is -2.31. The highest BCUT2D eigenvalue weighted by atomic mass is 15.2. The lowest BCUT2D eigenvalue weighted by Gasteiger charge is -2.35. The normalized spacial score (nSPS) is 19.4. The van der Waals surface area contributed by atoms with Gasteiger partial charge < -0.3 is 4.90 Å². The highest BCUT2D eigenvalue weighted by Crippen LogP contribution is 2.35. The second-order valence-electron chi connectivity index (χ2n) is 5.80. The first-order valence-corrected chi connectivity index (χ1v) is 7.71. The first-order valence-electron chi connectivity index (χ1n) is 7.71. The van der Waals surface area contributed by atoms with Gasteiger partial charge in [-0.15, -0.1) is 0 Å². The topological polar surface area (TPSA) is 19.4 Å². The second-order valence-corrected chi connectivity index (χ2v) is 5.80. The monoisotopic (exact) mass is 281 g/mol. The van der Waals surface area contributed by atoms with Gasteiger partial charge in [-0.2, -0.15) is 0 Å². The van der Waals surface area contributed by atoms with E-state index in [0.717, 1.165) is 5.82 Å². The number of benzene rings is 1. The number of rotatable bonds is 3. The van der Waals surface area contributed by atoms with E-state index in [1.54, 1.807) is 0 Å². The van der Waals surface area contributed by atoms with E-state index >= 15 is 0 Å². The van der Waals surface area contributed by atoms with Gasteiger partial charge in [0, 0.05) is 30.5 Å². The van der Waals surface area contributed by atoms with Gasteiger partial charge in [-0.05, 0) is 44.6 Å². The zero-order chi connectivity index (χ0) is 14.7. The molecule has 0 spiro atoms. The number of likely N-dealkylation sites (tertiary alicyclic amines) is 1. The van der Waals surface area contributed by atoms with Crippen LogP contribution in [0.5, 0.6) is 0 Å². The molecule has 0 bridgehead atoms. The number of nitrogens with zero attached hydrogens (tertiary/aromatic N) is 3. The van der Waals surface area contributed by atoms with Crippen molar-refractivity contribution in [2.24, 2.45) is 0 Å². The van der Waals surface area contributed by atoms with Crippen LogP contribution in [0.1, 0.15) is 30.9 Å². The predicted octanol–water partition coefficient (Wildman–Crippen LogP) is 4.01. The van der Waals surface area contributed by atoms with Crippen LogP contribution in [0.4, 0.5) is 11.5 Å². The Labute approximate surface area is 127 Å². The van der Waals surface area contributed by atoms with E-state index in [4.69, 9.17) is 0 Å². The summed E-state index contributed by atoms with van der Waals surface area (Å²) in [6, 6.07) is 15.2. The Hall–Kier alpha value is -1.87. The molecule has 110 valence electrons. The van der Waals surface area contributed by atoms with Gasteiger partial charge in [-0.25, -0.2) is 4.98 Å². The summed E-state index contributed by atoms with van der Waals surface area (Å²) >= 11 is 0. The van der Waals surface area contributed by atoms with E-state index in [0.29, 0.717) is 6.04 Å². The number of anilines is 2. The molecule has 0 amide bonds. The van der Waals surface area contributed by atoms with E-state index in [1.165, 1.54) is 37.1 Å². The molecule has 21 heavy (non-hydrogen) atoms. The SMILES string of the molecule is CN(c1ccccc1)c1ncccc1[C@H]1CCCCN1C. The number of hydrogen-bond donors (Lipinski definition) is 0. The fourth-order valence-electron chi connectivity index (χ4n) is 3.19. The molecule has 0 N–H and O–H groups in total. The molecule has 1 aliphatic heterocycles. The fraction of sp³-hybridized carbons (Fsp3) is 0.389. The molecular weight excluding hydrogens is 258 g/mol. The maximum Gasteiger partial charge on any atom is 0.137 e. The summed E-state index contributed by atoms with van der Waals surface area (Å²) in [7, 11) is 4.33. The molecule has 1 aromatic heterocycles. The molecule has 1 aliphatic rings. The Morgan fingerprint density at radius 1 is 1.10 bits per heavy atom. The molecule has 1 saturated heterocycles. The summed E-state index contributed by atoms with van der Waals surface area (Å²) in [5, 5.41) is 0. The number of piperidine rings is 1. The lowest BCUT2D eigenvalue weighted by atomic mass is 9.96. The molecule has 0 radical (unpaired) electrons. The molecule has 1 aromatic carbocycles. The van der Waals surface area contributed by atoms with Crippen LogP contribution in [0, 0.1) is 0 Å². The second kappa shape index (κ2) is 6.27. The minimum absolute atomic E-state index is 0.480. The van der Waals surface area contributed by atoms with Gasteiger partial charge in [0.15, 0.2) is 0 Å². The average Bonchev–Trinajstić information content (AvgIpc) is 2.55. The summed E-state index contributed by atoms with van der Waals surface area (Å²) in [6.07, 6.45) is 5.72. The standard InChI is InChI=1S/C18H23N3/c1-20-14-7-6-12-17(20)16-11-8-13-19-18(16)21(2)15-9-4-3-5-10-15/h3-5,8-11,13,17H,6-7,12,14H2,1-2H3/t17-/m1/s1. The first-order chi connectivity index (χ1) is 10.3. The molecule has 2 aromatic rings. The van der Waals surface area contributed by atoms with Crippen molar-refractivity contribution in [2.75, 3.05) is 25.5 Å². The van der Waals surface area contributed by atoms with Crippen molar-refractivity contribution in [3.63, 3.8) is 0 Å². The van der Waals surface area contributed by atoms with E-state index in [2.05, 4.69) is 65.3 Å². The summed E-state index contributed by atoms with van der Waals surface area (Å²) < 4.78 is 0. The van der Waals surface area contributed by atoms with E-state index in [1.807, 2.05) is 12.3 Å². The molecule has 3 nitrogen and oxygen atoms in total. The van der Waals surface area contributed by atoms with E-state index in [9.17, 15) is 0 Å². The molecule has 2 heterocycles. The van der Waals surface area contributed by atoms with E-state index in [-0.39, 0.29) is 0 Å². The molecule has 0 unspecified atom stereocenters. The van der Waals surface area contributed by atoms with Crippen molar-refractivity contribution in [1.29, 1.82) is 0 Å². The van der Waals surface area contributed by atoms with Gasteiger partial charge in [0.2, 0.25) is 0 Å². The molecule has 3 rings (SSSR count). The van der Waals surface area contributed by atoms with Gasteiger partial charge in [0.25, 0.3) is 0 Å². The average molecular weight is 281 g/mol. The van der Waals surface area contributed by atoms with Crippen molar-refractivity contribution in [3.8, 4) is 0 Å². The molecular formula is C18H23N3. The van der Waals surface area contributed by atoms with Gasteiger partial charge in [-0.1, -0.05) is 30.7 Å². The summed E-state index contributed by atoms with van der Waals surface area (Å²) in [5.74, 6) is 1.07. The molecule has 3 heteroatoms. The van der Waals surface area contributed by atoms with Crippen molar-refractivity contribution in [1.82, 2.24) is 9.88 Å². The number of aromatic nitrogens is 1. The number of pyridine rings is 1. The highest BCUT2D eigenvalue weighted by Gasteiger charge is 2.24. The third kappa shape index (κ3) is 2.93. The van der Waals surface area contributed by atoms with Crippen LogP contribution in [0.3, 0.4) is 0 Å².